The van der Waals surface area contributed by atoms with Crippen LogP contribution in [0.25, 0.3) is 0 Å². The predicted octanol–water partition coefficient (Wildman–Crippen LogP) is 3.94. The molecule has 0 fully saturated rings. The molecule has 0 radical (unpaired) electrons. The molecule has 2 heteroatoms. The summed E-state index contributed by atoms with van der Waals surface area (Å²) in [5.41, 5.74) is 1.07. The second-order valence-corrected chi connectivity index (χ2v) is 7.50. The molecular weight excluding hydrogens is 246 g/mol. The van der Waals surface area contributed by atoms with E-state index in [4.69, 9.17) is 0 Å². The Morgan fingerprint density at radius 1 is 1.00 bits per heavy atom. The third-order valence-corrected chi connectivity index (χ3v) is 3.63. The van der Waals surface area contributed by atoms with E-state index in [0.717, 1.165) is 13.0 Å². The third-order valence-electron chi connectivity index (χ3n) is 3.63. The minimum atomic E-state index is -0.268. The number of nitrogens with zero attached hydrogens (tertiary/aromatic N) is 1. The molecule has 0 unspecified atom stereocenters. The van der Waals surface area contributed by atoms with Gasteiger partial charge in [0.15, 0.2) is 5.78 Å². The molecular formula is C18H29NO. The van der Waals surface area contributed by atoms with Crippen molar-refractivity contribution in [1.29, 1.82) is 0 Å². The maximum atomic E-state index is 12.3. The molecule has 0 aromatic heterocycles. The lowest BCUT2D eigenvalue weighted by atomic mass is 9.89. The van der Waals surface area contributed by atoms with Crippen LogP contribution in [0.1, 0.15) is 47.1 Å². The van der Waals surface area contributed by atoms with E-state index in [1.54, 1.807) is 0 Å². The van der Waals surface area contributed by atoms with Crippen molar-refractivity contribution in [3.63, 3.8) is 0 Å². The van der Waals surface area contributed by atoms with Crippen LogP contribution in [0, 0.1) is 5.41 Å². The van der Waals surface area contributed by atoms with Crippen molar-refractivity contribution in [3.05, 3.63) is 35.9 Å². The first-order valence-electron chi connectivity index (χ1n) is 7.43. The van der Waals surface area contributed by atoms with Crippen molar-refractivity contribution in [2.45, 2.75) is 53.5 Å². The highest BCUT2D eigenvalue weighted by Crippen LogP contribution is 2.20. The van der Waals surface area contributed by atoms with Crippen molar-refractivity contribution >= 4 is 5.78 Å². The zero-order chi connectivity index (χ0) is 15.4. The lowest BCUT2D eigenvalue weighted by Crippen LogP contribution is -2.47. The number of ketones is 1. The van der Waals surface area contributed by atoms with Crippen molar-refractivity contribution in [1.82, 2.24) is 4.90 Å². The van der Waals surface area contributed by atoms with Crippen LogP contribution >= 0.6 is 0 Å². The molecule has 0 saturated carbocycles. The van der Waals surface area contributed by atoms with Gasteiger partial charge < -0.3 is 0 Å². The number of hydrogen-bond acceptors (Lipinski definition) is 2. The van der Waals surface area contributed by atoms with Gasteiger partial charge in [0.1, 0.15) is 0 Å². The SMILES string of the molecule is CC(C)(C)C(=O)CN(CCc1ccccc1)C(C)(C)C. The molecule has 0 saturated heterocycles. The summed E-state index contributed by atoms with van der Waals surface area (Å²) in [7, 11) is 0. The van der Waals surface area contributed by atoms with E-state index in [0.29, 0.717) is 12.3 Å². The average Bonchev–Trinajstić information content (AvgIpc) is 2.32. The summed E-state index contributed by atoms with van der Waals surface area (Å²) in [6.45, 7) is 13.9. The fourth-order valence-corrected chi connectivity index (χ4v) is 1.97. The minimum Gasteiger partial charge on any atom is -0.298 e. The van der Waals surface area contributed by atoms with Gasteiger partial charge in [0.2, 0.25) is 0 Å². The molecule has 0 atom stereocenters. The summed E-state index contributed by atoms with van der Waals surface area (Å²) in [6.07, 6.45) is 0.982. The van der Waals surface area contributed by atoms with Crippen molar-refractivity contribution < 1.29 is 4.79 Å². The Kier molecular flexibility index (Phi) is 5.52. The molecule has 112 valence electrons. The predicted molar refractivity (Wildman–Crippen MR) is 85.9 cm³/mol. The molecule has 0 amide bonds. The van der Waals surface area contributed by atoms with E-state index < -0.39 is 0 Å². The molecule has 0 aliphatic heterocycles. The second-order valence-electron chi connectivity index (χ2n) is 7.50. The van der Waals surface area contributed by atoms with E-state index in [1.807, 2.05) is 26.8 Å². The molecule has 1 rings (SSSR count). The monoisotopic (exact) mass is 275 g/mol. The highest BCUT2D eigenvalue weighted by atomic mass is 16.1. The van der Waals surface area contributed by atoms with Crippen LogP contribution in [0.4, 0.5) is 0 Å². The Morgan fingerprint density at radius 2 is 1.55 bits per heavy atom. The van der Waals surface area contributed by atoms with Gasteiger partial charge in [-0.25, -0.2) is 0 Å². The summed E-state index contributed by atoms with van der Waals surface area (Å²) in [5, 5.41) is 0. The van der Waals surface area contributed by atoms with Crippen LogP contribution in [0.5, 0.6) is 0 Å². The van der Waals surface area contributed by atoms with E-state index in [1.165, 1.54) is 5.56 Å². The van der Waals surface area contributed by atoms with Crippen LogP contribution in [0.3, 0.4) is 0 Å². The zero-order valence-corrected chi connectivity index (χ0v) is 13.9. The number of carbonyl (C=O) groups is 1. The normalized spacial score (nSPS) is 12.8. The van der Waals surface area contributed by atoms with E-state index in [9.17, 15) is 4.79 Å². The third kappa shape index (κ3) is 5.46. The molecule has 0 heterocycles. The largest absolute Gasteiger partial charge is 0.298 e. The molecule has 0 aliphatic carbocycles. The smallest absolute Gasteiger partial charge is 0.152 e. The van der Waals surface area contributed by atoms with Crippen LogP contribution in [0.15, 0.2) is 30.3 Å². The quantitative estimate of drug-likeness (QED) is 0.811. The van der Waals surface area contributed by atoms with Crippen LogP contribution < -0.4 is 0 Å². The Labute approximate surface area is 124 Å². The van der Waals surface area contributed by atoms with Crippen molar-refractivity contribution in [2.24, 2.45) is 5.41 Å². The maximum Gasteiger partial charge on any atom is 0.152 e. The number of carbonyl (C=O) groups excluding carboxylic acids is 1. The number of benzene rings is 1. The van der Waals surface area contributed by atoms with Gasteiger partial charge >= 0.3 is 0 Å². The van der Waals surface area contributed by atoms with Gasteiger partial charge in [0.25, 0.3) is 0 Å². The number of rotatable bonds is 5. The molecule has 1 aromatic rings. The Bertz CT molecular complexity index is 423. The highest BCUT2D eigenvalue weighted by Gasteiger charge is 2.28. The summed E-state index contributed by atoms with van der Waals surface area (Å²) in [4.78, 5) is 14.6. The highest BCUT2D eigenvalue weighted by molar-refractivity contribution is 5.85. The number of hydrogen-bond donors (Lipinski definition) is 0. The average molecular weight is 275 g/mol. The van der Waals surface area contributed by atoms with Gasteiger partial charge in [0, 0.05) is 17.5 Å². The molecule has 0 bridgehead atoms. The van der Waals surface area contributed by atoms with Crippen LogP contribution in [0.2, 0.25) is 0 Å². The van der Waals surface area contributed by atoms with Gasteiger partial charge in [-0.2, -0.15) is 0 Å². The fourth-order valence-electron chi connectivity index (χ4n) is 1.97. The van der Waals surface area contributed by atoms with Crippen LogP contribution in [-0.2, 0) is 11.2 Å². The Balaban J connectivity index is 2.69. The van der Waals surface area contributed by atoms with Crippen LogP contribution in [-0.4, -0.2) is 29.3 Å². The first-order valence-corrected chi connectivity index (χ1v) is 7.43. The van der Waals surface area contributed by atoms with E-state index in [2.05, 4.69) is 49.9 Å². The topological polar surface area (TPSA) is 20.3 Å². The first kappa shape index (κ1) is 16.9. The lowest BCUT2D eigenvalue weighted by molar-refractivity contribution is -0.128. The molecule has 1 aromatic carbocycles. The van der Waals surface area contributed by atoms with E-state index >= 15 is 0 Å². The molecule has 20 heavy (non-hydrogen) atoms. The molecule has 0 spiro atoms. The summed E-state index contributed by atoms with van der Waals surface area (Å²) in [5.74, 6) is 0.306. The fraction of sp³-hybridized carbons (Fsp3) is 0.611. The Morgan fingerprint density at radius 3 is 2.00 bits per heavy atom. The molecule has 0 N–H and O–H groups in total. The standard InChI is InChI=1S/C18H29NO/c1-17(2,3)16(20)14-19(18(4,5)6)13-12-15-10-8-7-9-11-15/h7-11H,12-14H2,1-6H3. The molecule has 0 aliphatic rings. The van der Waals surface area contributed by atoms with Gasteiger partial charge in [-0.3, -0.25) is 9.69 Å². The molecule has 2 nitrogen and oxygen atoms in total. The minimum absolute atomic E-state index is 0.00961. The van der Waals surface area contributed by atoms with Gasteiger partial charge in [-0.05, 0) is 32.8 Å². The maximum absolute atomic E-state index is 12.3. The summed E-state index contributed by atoms with van der Waals surface area (Å²) in [6, 6.07) is 10.5. The second kappa shape index (κ2) is 6.53. The Hall–Kier alpha value is -1.15. The first-order chi connectivity index (χ1) is 9.10. The zero-order valence-electron chi connectivity index (χ0n) is 13.9. The van der Waals surface area contributed by atoms with Gasteiger partial charge in [0.05, 0.1) is 6.54 Å². The van der Waals surface area contributed by atoms with Gasteiger partial charge in [-0.1, -0.05) is 51.1 Å². The van der Waals surface area contributed by atoms with E-state index in [-0.39, 0.29) is 11.0 Å². The van der Waals surface area contributed by atoms with Crippen molar-refractivity contribution in [2.75, 3.05) is 13.1 Å². The lowest BCUT2D eigenvalue weighted by Gasteiger charge is -2.36. The summed E-state index contributed by atoms with van der Waals surface area (Å²) < 4.78 is 0. The van der Waals surface area contributed by atoms with Gasteiger partial charge in [-0.15, -0.1) is 0 Å². The summed E-state index contributed by atoms with van der Waals surface area (Å²) >= 11 is 0. The van der Waals surface area contributed by atoms with Crippen molar-refractivity contribution in [3.8, 4) is 0 Å². The number of Topliss-reactive ketones (excluding diaryl/α,β-unsaturated/α-hetero) is 1.